The normalized spacial score (nSPS) is 9.85. The van der Waals surface area contributed by atoms with Crippen LogP contribution < -0.4 is 10.1 Å². The fraction of sp³-hybridized carbons (Fsp3) is 0.455. The summed E-state index contributed by atoms with van der Waals surface area (Å²) in [5.74, 6) is 0.921. The van der Waals surface area contributed by atoms with Gasteiger partial charge in [0.15, 0.2) is 0 Å². The molecule has 1 aromatic rings. The van der Waals surface area contributed by atoms with Gasteiger partial charge in [0.2, 0.25) is 0 Å². The molecule has 0 unspecified atom stereocenters. The molecule has 13 heavy (non-hydrogen) atoms. The van der Waals surface area contributed by atoms with Gasteiger partial charge in [-0.25, -0.2) is 0 Å². The van der Waals surface area contributed by atoms with Crippen molar-refractivity contribution in [1.82, 2.24) is 0 Å². The molecule has 0 amide bonds. The summed E-state index contributed by atoms with van der Waals surface area (Å²) in [5, 5.41) is 3.27. The summed E-state index contributed by atoms with van der Waals surface area (Å²) in [6, 6.07) is 4.19. The van der Waals surface area contributed by atoms with Gasteiger partial charge in [-0.1, -0.05) is 0 Å². The molecule has 0 aromatic heterocycles. The summed E-state index contributed by atoms with van der Waals surface area (Å²) in [4.78, 5) is 0. The molecule has 1 N–H and O–H groups in total. The second kappa shape index (κ2) is 4.17. The molecule has 1 rings (SSSR count). The van der Waals surface area contributed by atoms with Crippen LogP contribution in [0.2, 0.25) is 0 Å². The Hall–Kier alpha value is -1.18. The summed E-state index contributed by atoms with van der Waals surface area (Å²) in [6.45, 7) is 7.19. The van der Waals surface area contributed by atoms with Crippen LogP contribution in [0.15, 0.2) is 12.1 Å². The van der Waals surface area contributed by atoms with Gasteiger partial charge in [0.1, 0.15) is 5.75 Å². The van der Waals surface area contributed by atoms with E-state index in [1.807, 2.05) is 0 Å². The number of methoxy groups -OCH3 is 1. The second-order valence-electron chi connectivity index (χ2n) is 3.17. The molecule has 0 atom stereocenters. The average Bonchev–Trinajstić information content (AvgIpc) is 2.11. The van der Waals surface area contributed by atoms with Crippen LogP contribution in [0.25, 0.3) is 0 Å². The summed E-state index contributed by atoms with van der Waals surface area (Å²) >= 11 is 0. The summed E-state index contributed by atoms with van der Waals surface area (Å²) in [6.07, 6.45) is 0. The Morgan fingerprint density at radius 2 is 1.85 bits per heavy atom. The van der Waals surface area contributed by atoms with E-state index in [-0.39, 0.29) is 0 Å². The molecule has 0 bridgehead atoms. The third kappa shape index (κ3) is 2.14. The standard InChI is InChI=1S/C11H17NO/c1-5-12-10-6-8(2)9(3)7-11(10)13-4/h6-7,12H,5H2,1-4H3. The van der Waals surface area contributed by atoms with Crippen LogP contribution >= 0.6 is 0 Å². The molecular weight excluding hydrogens is 162 g/mol. The number of rotatable bonds is 3. The largest absolute Gasteiger partial charge is 0.495 e. The van der Waals surface area contributed by atoms with E-state index in [2.05, 4.69) is 38.2 Å². The lowest BCUT2D eigenvalue weighted by molar-refractivity contribution is 0.416. The van der Waals surface area contributed by atoms with E-state index in [9.17, 15) is 0 Å². The van der Waals surface area contributed by atoms with Crippen molar-refractivity contribution in [1.29, 1.82) is 0 Å². The van der Waals surface area contributed by atoms with Crippen molar-refractivity contribution in [2.24, 2.45) is 0 Å². The lowest BCUT2D eigenvalue weighted by Crippen LogP contribution is -2.00. The van der Waals surface area contributed by atoms with Crippen LogP contribution in [0.3, 0.4) is 0 Å². The topological polar surface area (TPSA) is 21.3 Å². The van der Waals surface area contributed by atoms with Gasteiger partial charge in [0.05, 0.1) is 12.8 Å². The smallest absolute Gasteiger partial charge is 0.142 e. The molecule has 0 aliphatic rings. The predicted octanol–water partition coefficient (Wildman–Crippen LogP) is 2.74. The molecule has 0 aliphatic carbocycles. The Morgan fingerprint density at radius 3 is 2.38 bits per heavy atom. The first kappa shape index (κ1) is 9.90. The molecule has 0 spiro atoms. The van der Waals surface area contributed by atoms with Crippen molar-refractivity contribution >= 4 is 5.69 Å². The van der Waals surface area contributed by atoms with Crippen LogP contribution in [0, 0.1) is 13.8 Å². The molecule has 0 aliphatic heterocycles. The molecule has 0 saturated heterocycles. The lowest BCUT2D eigenvalue weighted by atomic mass is 10.1. The fourth-order valence-corrected chi connectivity index (χ4v) is 1.29. The van der Waals surface area contributed by atoms with E-state index < -0.39 is 0 Å². The zero-order valence-corrected chi connectivity index (χ0v) is 8.77. The van der Waals surface area contributed by atoms with Crippen molar-refractivity contribution in [2.45, 2.75) is 20.8 Å². The number of benzene rings is 1. The van der Waals surface area contributed by atoms with Crippen molar-refractivity contribution in [3.63, 3.8) is 0 Å². The highest BCUT2D eigenvalue weighted by Crippen LogP contribution is 2.27. The number of nitrogens with one attached hydrogen (secondary N) is 1. The summed E-state index contributed by atoms with van der Waals surface area (Å²) in [5.41, 5.74) is 3.63. The quantitative estimate of drug-likeness (QED) is 0.770. The van der Waals surface area contributed by atoms with Crippen LogP contribution in [-0.4, -0.2) is 13.7 Å². The molecule has 0 radical (unpaired) electrons. The Kier molecular flexibility index (Phi) is 3.18. The van der Waals surface area contributed by atoms with E-state index in [1.165, 1.54) is 11.1 Å². The maximum atomic E-state index is 5.27. The van der Waals surface area contributed by atoms with Crippen LogP contribution in [0.5, 0.6) is 5.75 Å². The number of ether oxygens (including phenoxy) is 1. The molecular formula is C11H17NO. The fourth-order valence-electron chi connectivity index (χ4n) is 1.29. The van der Waals surface area contributed by atoms with Gasteiger partial charge in [-0.2, -0.15) is 0 Å². The Bertz CT molecular complexity index is 294. The van der Waals surface area contributed by atoms with Gasteiger partial charge in [0.25, 0.3) is 0 Å². The SMILES string of the molecule is CCNc1cc(C)c(C)cc1OC. The molecule has 2 nitrogen and oxygen atoms in total. The predicted molar refractivity (Wildman–Crippen MR) is 56.6 cm³/mol. The Balaban J connectivity index is 3.09. The number of aryl methyl sites for hydroxylation is 2. The minimum absolute atomic E-state index is 0.916. The van der Waals surface area contributed by atoms with Gasteiger partial charge in [-0.05, 0) is 44.0 Å². The van der Waals surface area contributed by atoms with Crippen LogP contribution in [-0.2, 0) is 0 Å². The first-order valence-electron chi connectivity index (χ1n) is 4.58. The first-order valence-corrected chi connectivity index (χ1v) is 4.58. The highest BCUT2D eigenvalue weighted by Gasteiger charge is 2.03. The lowest BCUT2D eigenvalue weighted by Gasteiger charge is -2.12. The molecule has 72 valence electrons. The van der Waals surface area contributed by atoms with E-state index in [0.717, 1.165) is 18.0 Å². The van der Waals surface area contributed by atoms with E-state index in [1.54, 1.807) is 7.11 Å². The number of hydrogen-bond acceptors (Lipinski definition) is 2. The van der Waals surface area contributed by atoms with Crippen molar-refractivity contribution in [3.8, 4) is 5.75 Å². The molecule has 0 saturated carbocycles. The van der Waals surface area contributed by atoms with Gasteiger partial charge in [0, 0.05) is 6.54 Å². The summed E-state index contributed by atoms with van der Waals surface area (Å²) in [7, 11) is 1.70. The third-order valence-corrected chi connectivity index (χ3v) is 2.18. The third-order valence-electron chi connectivity index (χ3n) is 2.18. The molecule has 1 aromatic carbocycles. The van der Waals surface area contributed by atoms with Gasteiger partial charge in [-0.15, -0.1) is 0 Å². The van der Waals surface area contributed by atoms with Crippen molar-refractivity contribution < 1.29 is 4.74 Å². The van der Waals surface area contributed by atoms with Gasteiger partial charge < -0.3 is 10.1 Å². The Morgan fingerprint density at radius 1 is 1.23 bits per heavy atom. The van der Waals surface area contributed by atoms with Crippen LogP contribution in [0.4, 0.5) is 5.69 Å². The zero-order chi connectivity index (χ0) is 9.84. The maximum Gasteiger partial charge on any atom is 0.142 e. The molecule has 0 fully saturated rings. The number of anilines is 1. The minimum atomic E-state index is 0.916. The van der Waals surface area contributed by atoms with Crippen LogP contribution in [0.1, 0.15) is 18.1 Å². The molecule has 2 heteroatoms. The van der Waals surface area contributed by atoms with E-state index in [4.69, 9.17) is 4.74 Å². The maximum absolute atomic E-state index is 5.27. The van der Waals surface area contributed by atoms with Gasteiger partial charge >= 0.3 is 0 Å². The van der Waals surface area contributed by atoms with Crippen molar-refractivity contribution in [2.75, 3.05) is 19.0 Å². The van der Waals surface area contributed by atoms with Crippen molar-refractivity contribution in [3.05, 3.63) is 23.3 Å². The molecule has 0 heterocycles. The van der Waals surface area contributed by atoms with E-state index in [0.29, 0.717) is 0 Å². The average molecular weight is 179 g/mol. The number of hydrogen-bond donors (Lipinski definition) is 1. The second-order valence-corrected chi connectivity index (χ2v) is 3.17. The van der Waals surface area contributed by atoms with E-state index >= 15 is 0 Å². The highest BCUT2D eigenvalue weighted by atomic mass is 16.5. The Labute approximate surface area is 79.9 Å². The zero-order valence-electron chi connectivity index (χ0n) is 8.77. The summed E-state index contributed by atoms with van der Waals surface area (Å²) < 4.78 is 5.27. The van der Waals surface area contributed by atoms with Gasteiger partial charge in [-0.3, -0.25) is 0 Å². The first-order chi connectivity index (χ1) is 6.19. The monoisotopic (exact) mass is 179 g/mol. The minimum Gasteiger partial charge on any atom is -0.495 e. The highest BCUT2D eigenvalue weighted by molar-refractivity contribution is 5.59.